The number of anilines is 1. The maximum absolute atomic E-state index is 5.65. The van der Waals surface area contributed by atoms with Crippen molar-refractivity contribution in [3.8, 4) is 0 Å². The van der Waals surface area contributed by atoms with Crippen LogP contribution in [0.15, 0.2) is 42.6 Å². The van der Waals surface area contributed by atoms with E-state index in [-0.39, 0.29) is 6.04 Å². The monoisotopic (exact) mass is 343 g/mol. The van der Waals surface area contributed by atoms with E-state index in [1.165, 1.54) is 11.1 Å². The molecule has 1 atom stereocenters. The van der Waals surface area contributed by atoms with Gasteiger partial charge in [-0.3, -0.25) is 4.98 Å². The topological polar surface area (TPSA) is 37.4 Å². The summed E-state index contributed by atoms with van der Waals surface area (Å²) < 4.78 is 5.24. The van der Waals surface area contributed by atoms with E-state index in [0.717, 1.165) is 11.4 Å². The maximum atomic E-state index is 5.65. The molecule has 0 saturated heterocycles. The van der Waals surface area contributed by atoms with E-state index in [9.17, 15) is 0 Å². The summed E-state index contributed by atoms with van der Waals surface area (Å²) in [5.41, 5.74) is 4.49. The molecular weight excluding hydrogens is 318 g/mol. The highest BCUT2D eigenvalue weighted by molar-refractivity contribution is 7.80. The van der Waals surface area contributed by atoms with Gasteiger partial charge in [0.2, 0.25) is 0 Å². The van der Waals surface area contributed by atoms with Crippen LogP contribution in [-0.2, 0) is 4.74 Å². The summed E-state index contributed by atoms with van der Waals surface area (Å²) in [5.74, 6) is 0. The first-order valence-corrected chi connectivity index (χ1v) is 8.48. The van der Waals surface area contributed by atoms with Crippen molar-refractivity contribution >= 4 is 23.0 Å². The van der Waals surface area contributed by atoms with E-state index < -0.39 is 0 Å². The van der Waals surface area contributed by atoms with Crippen LogP contribution in [0, 0.1) is 13.8 Å². The van der Waals surface area contributed by atoms with Gasteiger partial charge in [0.15, 0.2) is 5.11 Å². The zero-order valence-electron chi connectivity index (χ0n) is 14.7. The third kappa shape index (κ3) is 4.76. The molecule has 0 aliphatic carbocycles. The van der Waals surface area contributed by atoms with E-state index in [2.05, 4.69) is 54.2 Å². The quantitative estimate of drug-likeness (QED) is 0.799. The zero-order valence-corrected chi connectivity index (χ0v) is 15.6. The number of thiocarbonyl (C=S) groups is 1. The minimum Gasteiger partial charge on any atom is -0.383 e. The smallest absolute Gasteiger partial charge is 0.174 e. The van der Waals surface area contributed by atoms with Gasteiger partial charge in [0, 0.05) is 25.5 Å². The predicted molar refractivity (Wildman–Crippen MR) is 103 cm³/mol. The van der Waals surface area contributed by atoms with E-state index >= 15 is 0 Å². The Morgan fingerprint density at radius 1 is 1.25 bits per heavy atom. The van der Waals surface area contributed by atoms with Crippen LogP contribution in [-0.4, -0.2) is 35.3 Å². The molecule has 1 heterocycles. The highest BCUT2D eigenvalue weighted by atomic mass is 32.1. The second kappa shape index (κ2) is 8.76. The average Bonchev–Trinajstić information content (AvgIpc) is 2.59. The minimum absolute atomic E-state index is 0.0629. The Morgan fingerprint density at radius 3 is 2.67 bits per heavy atom. The van der Waals surface area contributed by atoms with Gasteiger partial charge in [-0.15, -0.1) is 0 Å². The number of nitrogens with one attached hydrogen (secondary N) is 1. The Bertz CT molecular complexity index is 676. The minimum atomic E-state index is 0.0629. The van der Waals surface area contributed by atoms with Crippen molar-refractivity contribution < 1.29 is 4.74 Å². The fourth-order valence-electron chi connectivity index (χ4n) is 2.46. The highest BCUT2D eigenvalue weighted by Crippen LogP contribution is 2.20. The molecule has 0 amide bonds. The summed E-state index contributed by atoms with van der Waals surface area (Å²) in [6.45, 7) is 7.61. The van der Waals surface area contributed by atoms with Gasteiger partial charge >= 0.3 is 0 Å². The van der Waals surface area contributed by atoms with Crippen molar-refractivity contribution in [2.24, 2.45) is 0 Å². The molecule has 128 valence electrons. The third-order valence-corrected chi connectivity index (χ3v) is 4.48. The lowest BCUT2D eigenvalue weighted by Gasteiger charge is -2.31. The summed E-state index contributed by atoms with van der Waals surface area (Å²) in [5, 5.41) is 4.02. The van der Waals surface area contributed by atoms with Crippen molar-refractivity contribution in [2.75, 3.05) is 25.6 Å². The molecule has 2 rings (SSSR count). The van der Waals surface area contributed by atoms with Crippen molar-refractivity contribution in [1.82, 2.24) is 9.88 Å². The van der Waals surface area contributed by atoms with E-state index in [1.807, 2.05) is 18.2 Å². The first-order valence-electron chi connectivity index (χ1n) is 8.07. The van der Waals surface area contributed by atoms with Crippen LogP contribution in [0.4, 0.5) is 5.69 Å². The third-order valence-electron chi connectivity index (χ3n) is 4.14. The fourth-order valence-corrected chi connectivity index (χ4v) is 2.83. The average molecular weight is 343 g/mol. The summed E-state index contributed by atoms with van der Waals surface area (Å²) in [4.78, 5) is 6.56. The SMILES string of the molecule is COCCN(C(=S)Nc1ccc(C)c(C)c1)[C@H](C)c1ccccn1. The van der Waals surface area contributed by atoms with Gasteiger partial charge in [0.25, 0.3) is 0 Å². The van der Waals surface area contributed by atoms with Gasteiger partial charge in [-0.1, -0.05) is 12.1 Å². The van der Waals surface area contributed by atoms with Crippen LogP contribution in [0.1, 0.15) is 29.8 Å². The molecule has 4 nitrogen and oxygen atoms in total. The molecule has 2 aromatic rings. The summed E-state index contributed by atoms with van der Waals surface area (Å²) in [6.07, 6.45) is 1.81. The first kappa shape index (κ1) is 18.4. The Morgan fingerprint density at radius 2 is 2.04 bits per heavy atom. The summed E-state index contributed by atoms with van der Waals surface area (Å²) in [7, 11) is 1.70. The molecule has 0 aliphatic heterocycles. The van der Waals surface area contributed by atoms with E-state index in [1.54, 1.807) is 13.3 Å². The van der Waals surface area contributed by atoms with Crippen LogP contribution in [0.5, 0.6) is 0 Å². The molecule has 0 saturated carbocycles. The number of hydrogen-bond acceptors (Lipinski definition) is 3. The van der Waals surface area contributed by atoms with E-state index in [0.29, 0.717) is 18.3 Å². The Kier molecular flexibility index (Phi) is 6.70. The lowest BCUT2D eigenvalue weighted by molar-refractivity contribution is 0.164. The van der Waals surface area contributed by atoms with Crippen molar-refractivity contribution in [1.29, 1.82) is 0 Å². The van der Waals surface area contributed by atoms with Gasteiger partial charge in [-0.25, -0.2) is 0 Å². The number of hydrogen-bond donors (Lipinski definition) is 1. The largest absolute Gasteiger partial charge is 0.383 e. The van der Waals surface area contributed by atoms with Crippen LogP contribution >= 0.6 is 12.2 Å². The predicted octanol–water partition coefficient (Wildman–Crippen LogP) is 4.10. The number of benzene rings is 1. The lowest BCUT2D eigenvalue weighted by Crippen LogP contribution is -2.39. The van der Waals surface area contributed by atoms with Crippen LogP contribution in [0.25, 0.3) is 0 Å². The lowest BCUT2D eigenvalue weighted by atomic mass is 10.1. The maximum Gasteiger partial charge on any atom is 0.174 e. The number of rotatable bonds is 6. The number of pyridine rings is 1. The molecule has 1 N–H and O–H groups in total. The number of aromatic nitrogens is 1. The number of methoxy groups -OCH3 is 1. The molecule has 0 aliphatic rings. The Labute approximate surface area is 149 Å². The van der Waals surface area contributed by atoms with Crippen molar-refractivity contribution in [3.63, 3.8) is 0 Å². The first-order chi connectivity index (χ1) is 11.5. The second-order valence-corrected chi connectivity index (χ2v) is 6.23. The molecule has 1 aromatic carbocycles. The molecule has 0 unspecified atom stereocenters. The van der Waals surface area contributed by atoms with Gasteiger partial charge in [-0.2, -0.15) is 0 Å². The second-order valence-electron chi connectivity index (χ2n) is 5.85. The molecule has 0 bridgehead atoms. The fraction of sp³-hybridized carbons (Fsp3) is 0.368. The Balaban J connectivity index is 2.16. The molecular formula is C19H25N3OS. The van der Waals surface area contributed by atoms with Gasteiger partial charge in [0.05, 0.1) is 18.3 Å². The van der Waals surface area contributed by atoms with Crippen LogP contribution in [0.3, 0.4) is 0 Å². The van der Waals surface area contributed by atoms with Crippen molar-refractivity contribution in [3.05, 3.63) is 59.4 Å². The molecule has 0 fully saturated rings. The molecule has 24 heavy (non-hydrogen) atoms. The Hall–Kier alpha value is -1.98. The standard InChI is InChI=1S/C19H25N3OS/c1-14-8-9-17(13-15(14)2)21-19(24)22(11-12-23-4)16(3)18-7-5-6-10-20-18/h5-10,13,16H,11-12H2,1-4H3,(H,21,24)/t16-/m1/s1. The number of ether oxygens (including phenoxy) is 1. The van der Waals surface area contributed by atoms with E-state index in [4.69, 9.17) is 17.0 Å². The normalized spacial score (nSPS) is 11.8. The molecule has 0 spiro atoms. The summed E-state index contributed by atoms with van der Waals surface area (Å²) >= 11 is 5.65. The zero-order chi connectivity index (χ0) is 17.5. The molecule has 0 radical (unpaired) electrons. The van der Waals surface area contributed by atoms with Gasteiger partial charge < -0.3 is 15.0 Å². The van der Waals surface area contributed by atoms with Crippen LogP contribution < -0.4 is 5.32 Å². The molecule has 5 heteroatoms. The number of aryl methyl sites for hydroxylation is 2. The van der Waals surface area contributed by atoms with Gasteiger partial charge in [-0.05, 0) is 68.4 Å². The highest BCUT2D eigenvalue weighted by Gasteiger charge is 2.19. The van der Waals surface area contributed by atoms with Crippen LogP contribution in [0.2, 0.25) is 0 Å². The molecule has 1 aromatic heterocycles. The van der Waals surface area contributed by atoms with Crippen molar-refractivity contribution in [2.45, 2.75) is 26.8 Å². The van der Waals surface area contributed by atoms with Gasteiger partial charge in [0.1, 0.15) is 0 Å². The summed E-state index contributed by atoms with van der Waals surface area (Å²) in [6, 6.07) is 12.3. The number of nitrogens with zero attached hydrogens (tertiary/aromatic N) is 2.